The van der Waals surface area contributed by atoms with Crippen LogP contribution in [0.15, 0.2) is 30.5 Å². The van der Waals surface area contributed by atoms with Gasteiger partial charge in [0.25, 0.3) is 0 Å². The normalized spacial score (nSPS) is 16.0. The minimum absolute atomic E-state index is 0.383. The molecule has 2 heterocycles. The Hall–Kier alpha value is -2.63. The number of carbonyl (C=O) groups is 1. The molecule has 1 aliphatic carbocycles. The van der Waals surface area contributed by atoms with E-state index < -0.39 is 6.09 Å². The van der Waals surface area contributed by atoms with Gasteiger partial charge in [-0.15, -0.1) is 0 Å². The Labute approximate surface area is 145 Å². The Morgan fingerprint density at radius 3 is 2.80 bits per heavy atom. The van der Waals surface area contributed by atoms with Crippen LogP contribution in [-0.2, 0) is 13.0 Å². The third kappa shape index (κ3) is 2.71. The van der Waals surface area contributed by atoms with Gasteiger partial charge in [0.05, 0.1) is 22.8 Å². The number of para-hydroxylation sites is 1. The predicted molar refractivity (Wildman–Crippen MR) is 96.8 cm³/mol. The van der Waals surface area contributed by atoms with Crippen LogP contribution >= 0.6 is 0 Å². The van der Waals surface area contributed by atoms with Crippen molar-refractivity contribution < 1.29 is 9.90 Å². The van der Waals surface area contributed by atoms with Gasteiger partial charge >= 0.3 is 6.09 Å². The highest BCUT2D eigenvalue weighted by atomic mass is 16.4. The summed E-state index contributed by atoms with van der Waals surface area (Å²) in [5.74, 6) is 1.01. The molecule has 0 bridgehead atoms. The van der Waals surface area contributed by atoms with Gasteiger partial charge in [0.15, 0.2) is 0 Å². The maximum atomic E-state index is 11.3. The van der Waals surface area contributed by atoms with Crippen molar-refractivity contribution in [2.24, 2.45) is 0 Å². The van der Waals surface area contributed by atoms with Crippen molar-refractivity contribution in [1.82, 2.24) is 19.9 Å². The molecule has 1 saturated carbocycles. The second kappa shape index (κ2) is 6.02. The van der Waals surface area contributed by atoms with Gasteiger partial charge in [0.1, 0.15) is 11.3 Å². The average molecular weight is 338 g/mol. The molecule has 0 atom stereocenters. The molecule has 130 valence electrons. The number of fused-ring (bicyclic) bond motifs is 3. The average Bonchev–Trinajstić information content (AvgIpc) is 2.90. The number of benzene rings is 1. The lowest BCUT2D eigenvalue weighted by atomic mass is 9.76. The first kappa shape index (κ1) is 15.9. The molecule has 25 heavy (non-hydrogen) atoms. The topological polar surface area (TPSA) is 80.0 Å². The lowest BCUT2D eigenvalue weighted by Crippen LogP contribution is -2.56. The van der Waals surface area contributed by atoms with E-state index in [1.807, 2.05) is 24.4 Å². The molecule has 0 saturated heterocycles. The molecular formula is C19H22N4O2. The van der Waals surface area contributed by atoms with E-state index in [9.17, 15) is 9.90 Å². The second-order valence-corrected chi connectivity index (χ2v) is 6.94. The molecule has 6 nitrogen and oxygen atoms in total. The fourth-order valence-corrected chi connectivity index (χ4v) is 3.85. The number of carboxylic acid groups (broad SMARTS) is 1. The summed E-state index contributed by atoms with van der Waals surface area (Å²) in [7, 11) is 0. The Bertz CT molecular complexity index is 943. The number of aromatic nitrogens is 3. The lowest BCUT2D eigenvalue weighted by molar-refractivity contribution is 0.131. The van der Waals surface area contributed by atoms with Crippen molar-refractivity contribution in [2.75, 3.05) is 0 Å². The molecule has 3 aromatic rings. The molecule has 1 aliphatic rings. The van der Waals surface area contributed by atoms with Crippen LogP contribution in [0, 0.1) is 0 Å². The van der Waals surface area contributed by atoms with E-state index in [1.54, 1.807) is 0 Å². The number of nitrogens with zero attached hydrogens (tertiary/aromatic N) is 3. The van der Waals surface area contributed by atoms with Crippen LogP contribution in [0.2, 0.25) is 0 Å². The first-order chi connectivity index (χ1) is 12.1. The molecule has 0 unspecified atom stereocenters. The van der Waals surface area contributed by atoms with Crippen LogP contribution < -0.4 is 5.32 Å². The van der Waals surface area contributed by atoms with Gasteiger partial charge in [-0.2, -0.15) is 0 Å². The third-order valence-corrected chi connectivity index (χ3v) is 5.18. The zero-order valence-corrected chi connectivity index (χ0v) is 14.3. The number of nitrogens with one attached hydrogen (secondary N) is 1. The van der Waals surface area contributed by atoms with Gasteiger partial charge < -0.3 is 15.0 Å². The Kier molecular flexibility index (Phi) is 3.82. The highest BCUT2D eigenvalue weighted by Gasteiger charge is 2.39. The second-order valence-electron chi connectivity index (χ2n) is 6.94. The smallest absolute Gasteiger partial charge is 0.405 e. The molecule has 0 aliphatic heterocycles. The monoisotopic (exact) mass is 338 g/mol. The number of imidazole rings is 1. The van der Waals surface area contributed by atoms with Crippen molar-refractivity contribution in [3.63, 3.8) is 0 Å². The first-order valence-electron chi connectivity index (χ1n) is 8.86. The summed E-state index contributed by atoms with van der Waals surface area (Å²) in [4.78, 5) is 20.6. The van der Waals surface area contributed by atoms with Crippen LogP contribution in [0.1, 0.15) is 38.4 Å². The zero-order valence-electron chi connectivity index (χ0n) is 14.3. The number of amides is 1. The summed E-state index contributed by atoms with van der Waals surface area (Å²) in [5, 5.41) is 13.1. The lowest BCUT2D eigenvalue weighted by Gasteiger charge is -2.42. The highest BCUT2D eigenvalue weighted by molar-refractivity contribution is 6.02. The van der Waals surface area contributed by atoms with E-state index >= 15 is 0 Å². The summed E-state index contributed by atoms with van der Waals surface area (Å²) in [6.07, 6.45) is 5.53. The molecule has 1 fully saturated rings. The standard InChI is InChI=1S/C19H22N4O2/c1-2-6-16-21-15-11-20-14-8-4-3-7-13(14)17(15)23(16)12-19(9-5-10-19)22-18(24)25/h3-4,7-8,11,22H,2,5-6,9-10,12H2,1H3,(H,24,25). The van der Waals surface area contributed by atoms with Gasteiger partial charge in [-0.3, -0.25) is 4.98 Å². The van der Waals surface area contributed by atoms with Crippen LogP contribution in [0.25, 0.3) is 21.9 Å². The van der Waals surface area contributed by atoms with Crippen LogP contribution in [-0.4, -0.2) is 31.3 Å². The minimum atomic E-state index is -0.951. The van der Waals surface area contributed by atoms with E-state index in [0.29, 0.717) is 6.54 Å². The van der Waals surface area contributed by atoms with E-state index in [0.717, 1.165) is 59.9 Å². The van der Waals surface area contributed by atoms with Crippen LogP contribution in [0.5, 0.6) is 0 Å². The molecular weight excluding hydrogens is 316 g/mol. The third-order valence-electron chi connectivity index (χ3n) is 5.18. The first-order valence-corrected chi connectivity index (χ1v) is 8.86. The van der Waals surface area contributed by atoms with Crippen molar-refractivity contribution in [1.29, 1.82) is 0 Å². The molecule has 1 amide bonds. The van der Waals surface area contributed by atoms with Crippen LogP contribution in [0.3, 0.4) is 0 Å². The van der Waals surface area contributed by atoms with Crippen molar-refractivity contribution >= 4 is 28.0 Å². The molecule has 6 heteroatoms. The van der Waals surface area contributed by atoms with Gasteiger partial charge in [0.2, 0.25) is 0 Å². The zero-order chi connectivity index (χ0) is 17.4. The van der Waals surface area contributed by atoms with E-state index in [1.165, 1.54) is 0 Å². The fourth-order valence-electron chi connectivity index (χ4n) is 3.85. The quantitative estimate of drug-likeness (QED) is 0.743. The summed E-state index contributed by atoms with van der Waals surface area (Å²) in [6, 6.07) is 8.06. The largest absolute Gasteiger partial charge is 0.465 e. The number of pyridine rings is 1. The van der Waals surface area contributed by atoms with Crippen molar-refractivity contribution in [3.05, 3.63) is 36.3 Å². The summed E-state index contributed by atoms with van der Waals surface area (Å²) in [6.45, 7) is 2.76. The molecule has 2 N–H and O–H groups in total. The maximum absolute atomic E-state index is 11.3. The SMILES string of the molecule is CCCc1nc2cnc3ccccc3c2n1CC1(NC(=O)O)CCC1. The molecule has 0 radical (unpaired) electrons. The van der Waals surface area contributed by atoms with Crippen molar-refractivity contribution in [2.45, 2.75) is 51.1 Å². The Balaban J connectivity index is 1.89. The van der Waals surface area contributed by atoms with E-state index in [4.69, 9.17) is 4.98 Å². The fraction of sp³-hybridized carbons (Fsp3) is 0.421. The Morgan fingerprint density at radius 2 is 2.12 bits per heavy atom. The molecule has 4 rings (SSSR count). The van der Waals surface area contributed by atoms with Gasteiger partial charge in [-0.05, 0) is 31.7 Å². The summed E-state index contributed by atoms with van der Waals surface area (Å²) in [5.41, 5.74) is 2.50. The van der Waals surface area contributed by atoms with E-state index in [-0.39, 0.29) is 5.54 Å². The van der Waals surface area contributed by atoms with E-state index in [2.05, 4.69) is 27.9 Å². The van der Waals surface area contributed by atoms with Gasteiger partial charge in [0, 0.05) is 18.4 Å². The molecule has 0 spiro atoms. The van der Waals surface area contributed by atoms with Crippen LogP contribution in [0.4, 0.5) is 4.79 Å². The summed E-state index contributed by atoms with van der Waals surface area (Å²) < 4.78 is 2.22. The van der Waals surface area contributed by atoms with Gasteiger partial charge in [-0.25, -0.2) is 9.78 Å². The Morgan fingerprint density at radius 1 is 1.32 bits per heavy atom. The molecule has 1 aromatic carbocycles. The molecule has 2 aromatic heterocycles. The maximum Gasteiger partial charge on any atom is 0.405 e. The predicted octanol–water partition coefficient (Wildman–Crippen LogP) is 3.73. The van der Waals surface area contributed by atoms with Crippen molar-refractivity contribution in [3.8, 4) is 0 Å². The minimum Gasteiger partial charge on any atom is -0.465 e. The number of rotatable bonds is 5. The number of aryl methyl sites for hydroxylation is 1. The summed E-state index contributed by atoms with van der Waals surface area (Å²) >= 11 is 0. The highest BCUT2D eigenvalue weighted by Crippen LogP contribution is 2.36. The van der Waals surface area contributed by atoms with Gasteiger partial charge in [-0.1, -0.05) is 25.1 Å². The number of hydrogen-bond acceptors (Lipinski definition) is 3. The number of hydrogen-bond donors (Lipinski definition) is 2.